The Bertz CT molecular complexity index is 105. The average molecular weight is 213 g/mol. The Kier molecular flexibility index (Phi) is 2.41. The molecule has 0 bridgehead atoms. The van der Waals surface area contributed by atoms with E-state index in [4.69, 9.17) is 17.3 Å². The van der Waals surface area contributed by atoms with Gasteiger partial charge in [0.2, 0.25) is 0 Å². The third kappa shape index (κ3) is 1.82. The van der Waals surface area contributed by atoms with Gasteiger partial charge in [-0.25, -0.2) is 0 Å². The van der Waals surface area contributed by atoms with Crippen LogP contribution >= 0.6 is 27.5 Å². The smallest absolute Gasteiger partial charge is 0.0882 e. The van der Waals surface area contributed by atoms with Gasteiger partial charge in [-0.05, 0) is 12.8 Å². The van der Waals surface area contributed by atoms with Crippen LogP contribution in [0.5, 0.6) is 0 Å². The summed E-state index contributed by atoms with van der Waals surface area (Å²) in [6, 6.07) is 0. The van der Waals surface area contributed by atoms with Gasteiger partial charge in [0.1, 0.15) is 0 Å². The summed E-state index contributed by atoms with van der Waals surface area (Å²) in [5.74, 6) is 0. The molecule has 0 spiro atoms. The van der Waals surface area contributed by atoms with Crippen molar-refractivity contribution in [1.29, 1.82) is 0 Å². The van der Waals surface area contributed by atoms with Gasteiger partial charge in [0.15, 0.2) is 0 Å². The molecule has 2 N–H and O–H groups in total. The minimum atomic E-state index is -0.285. The molecule has 1 aliphatic carbocycles. The zero-order valence-corrected chi connectivity index (χ0v) is 7.58. The molecule has 9 heavy (non-hydrogen) atoms. The average Bonchev–Trinajstić information content (AvgIpc) is 1.77. The molecule has 0 unspecified atom stereocenters. The minimum absolute atomic E-state index is 0.117. The number of hydrogen-bond acceptors (Lipinski definition) is 1. The fourth-order valence-corrected chi connectivity index (χ4v) is 1.89. The van der Waals surface area contributed by atoms with Crippen molar-refractivity contribution in [3.63, 3.8) is 0 Å². The van der Waals surface area contributed by atoms with E-state index in [-0.39, 0.29) is 9.83 Å². The Balaban J connectivity index is 2.49. The van der Waals surface area contributed by atoms with Crippen molar-refractivity contribution in [2.75, 3.05) is 0 Å². The van der Waals surface area contributed by atoms with Gasteiger partial charge < -0.3 is 5.73 Å². The van der Waals surface area contributed by atoms with Crippen LogP contribution in [0.1, 0.15) is 25.7 Å². The first-order valence-corrected chi connectivity index (χ1v) is 4.48. The monoisotopic (exact) mass is 211 g/mol. The van der Waals surface area contributed by atoms with Crippen molar-refractivity contribution < 1.29 is 0 Å². The molecule has 0 saturated heterocycles. The number of nitrogens with two attached hydrogens (primary N) is 1. The van der Waals surface area contributed by atoms with E-state index in [1.165, 1.54) is 12.8 Å². The summed E-state index contributed by atoms with van der Waals surface area (Å²) in [6.07, 6.45) is 4.47. The highest BCUT2D eigenvalue weighted by molar-refractivity contribution is 9.10. The maximum atomic E-state index is 5.94. The fourth-order valence-electron chi connectivity index (χ4n) is 1.12. The Hall–Kier alpha value is 0.730. The van der Waals surface area contributed by atoms with Gasteiger partial charge in [-0.2, -0.15) is 0 Å². The van der Waals surface area contributed by atoms with Crippen LogP contribution in [0.25, 0.3) is 0 Å². The second kappa shape index (κ2) is 2.77. The van der Waals surface area contributed by atoms with Crippen molar-refractivity contribution in [3.8, 4) is 0 Å². The van der Waals surface area contributed by atoms with E-state index in [9.17, 15) is 0 Å². The molecule has 1 fully saturated rings. The SMILES string of the molecule is N[C@@]1(Br)CCCC[C@@H]1Cl. The normalized spacial score (nSPS) is 45.0. The largest absolute Gasteiger partial charge is 0.315 e. The molecule has 0 heterocycles. The summed E-state index contributed by atoms with van der Waals surface area (Å²) >= 11 is 9.34. The molecule has 2 atom stereocenters. The highest BCUT2D eigenvalue weighted by atomic mass is 79.9. The van der Waals surface area contributed by atoms with E-state index in [1.54, 1.807) is 0 Å². The van der Waals surface area contributed by atoms with Gasteiger partial charge in [-0.3, -0.25) is 0 Å². The number of hydrogen-bond donors (Lipinski definition) is 1. The number of rotatable bonds is 0. The van der Waals surface area contributed by atoms with E-state index >= 15 is 0 Å². The maximum absolute atomic E-state index is 5.94. The molecule has 54 valence electrons. The molecule has 0 radical (unpaired) electrons. The zero-order chi connectivity index (χ0) is 6.91. The second-order valence-corrected chi connectivity index (χ2v) is 4.64. The summed E-state index contributed by atoms with van der Waals surface area (Å²) in [5.41, 5.74) is 5.81. The first kappa shape index (κ1) is 7.83. The third-order valence-corrected chi connectivity index (χ3v) is 3.61. The van der Waals surface area contributed by atoms with E-state index in [0.717, 1.165) is 12.8 Å². The van der Waals surface area contributed by atoms with Gasteiger partial charge in [0.25, 0.3) is 0 Å². The lowest BCUT2D eigenvalue weighted by atomic mass is 9.96. The van der Waals surface area contributed by atoms with E-state index in [2.05, 4.69) is 15.9 Å². The molecule has 1 nitrogen and oxygen atoms in total. The minimum Gasteiger partial charge on any atom is -0.315 e. The van der Waals surface area contributed by atoms with E-state index in [0.29, 0.717) is 0 Å². The summed E-state index contributed by atoms with van der Waals surface area (Å²) in [6.45, 7) is 0. The van der Waals surface area contributed by atoms with Crippen LogP contribution in [0.4, 0.5) is 0 Å². The Morgan fingerprint density at radius 1 is 1.56 bits per heavy atom. The Morgan fingerprint density at radius 2 is 2.22 bits per heavy atom. The van der Waals surface area contributed by atoms with Crippen molar-refractivity contribution in [2.45, 2.75) is 35.5 Å². The molecule has 1 saturated carbocycles. The maximum Gasteiger partial charge on any atom is 0.0882 e. The Morgan fingerprint density at radius 3 is 2.56 bits per heavy atom. The first-order chi connectivity index (χ1) is 4.13. The zero-order valence-electron chi connectivity index (χ0n) is 5.24. The highest BCUT2D eigenvalue weighted by Gasteiger charge is 2.32. The van der Waals surface area contributed by atoms with Gasteiger partial charge >= 0.3 is 0 Å². The topological polar surface area (TPSA) is 26.0 Å². The number of halogens is 2. The third-order valence-electron chi connectivity index (χ3n) is 1.79. The lowest BCUT2D eigenvalue weighted by molar-refractivity contribution is 0.422. The van der Waals surface area contributed by atoms with Crippen LogP contribution in [0.3, 0.4) is 0 Å². The summed E-state index contributed by atoms with van der Waals surface area (Å²) in [4.78, 5) is 0. The predicted molar refractivity (Wildman–Crippen MR) is 44.0 cm³/mol. The first-order valence-electron chi connectivity index (χ1n) is 3.25. The predicted octanol–water partition coefficient (Wildman–Crippen LogP) is 2.22. The molecule has 0 amide bonds. The summed E-state index contributed by atoms with van der Waals surface area (Å²) < 4.78 is -0.285. The van der Waals surface area contributed by atoms with Crippen molar-refractivity contribution in [1.82, 2.24) is 0 Å². The van der Waals surface area contributed by atoms with Gasteiger partial charge in [0.05, 0.1) is 9.83 Å². The van der Waals surface area contributed by atoms with Gasteiger partial charge in [-0.15, -0.1) is 11.6 Å². The fraction of sp³-hybridized carbons (Fsp3) is 1.00. The van der Waals surface area contributed by atoms with Crippen molar-refractivity contribution >= 4 is 27.5 Å². The van der Waals surface area contributed by atoms with Crippen LogP contribution in [0.15, 0.2) is 0 Å². The number of alkyl halides is 2. The Labute approximate surface area is 69.1 Å². The lowest BCUT2D eigenvalue weighted by Crippen LogP contribution is -2.44. The van der Waals surface area contributed by atoms with Crippen molar-refractivity contribution in [3.05, 3.63) is 0 Å². The summed E-state index contributed by atoms with van der Waals surface area (Å²) in [7, 11) is 0. The second-order valence-electron chi connectivity index (χ2n) is 2.64. The van der Waals surface area contributed by atoms with Crippen LogP contribution in [0, 0.1) is 0 Å². The van der Waals surface area contributed by atoms with Gasteiger partial charge in [-0.1, -0.05) is 28.8 Å². The standard InChI is InChI=1S/C6H11BrClN/c7-6(9)4-2-1-3-5(6)8/h5H,1-4,9H2/t5-,6-/m0/s1. The van der Waals surface area contributed by atoms with Crippen LogP contribution in [-0.4, -0.2) is 9.83 Å². The molecule has 1 aliphatic rings. The molecule has 0 aromatic heterocycles. The molecule has 0 aliphatic heterocycles. The summed E-state index contributed by atoms with van der Waals surface area (Å²) in [5, 5.41) is 0.117. The molecular weight excluding hydrogens is 201 g/mol. The van der Waals surface area contributed by atoms with E-state index in [1.807, 2.05) is 0 Å². The van der Waals surface area contributed by atoms with Gasteiger partial charge in [0, 0.05) is 0 Å². The van der Waals surface area contributed by atoms with Crippen LogP contribution in [-0.2, 0) is 0 Å². The molecule has 1 rings (SSSR count). The van der Waals surface area contributed by atoms with Crippen LogP contribution in [0.2, 0.25) is 0 Å². The quantitative estimate of drug-likeness (QED) is 0.484. The van der Waals surface area contributed by atoms with Crippen LogP contribution < -0.4 is 5.73 Å². The van der Waals surface area contributed by atoms with E-state index < -0.39 is 0 Å². The molecule has 0 aromatic rings. The lowest BCUT2D eigenvalue weighted by Gasteiger charge is -2.32. The van der Waals surface area contributed by atoms with Crippen molar-refractivity contribution in [2.24, 2.45) is 5.73 Å². The molecular formula is C6H11BrClN. The molecule has 3 heteroatoms. The highest BCUT2D eigenvalue weighted by Crippen LogP contribution is 2.34. The molecule has 0 aromatic carbocycles.